The first-order valence-electron chi connectivity index (χ1n) is 6.17. The number of hydrazine groups is 1. The molecular formula is C15H16N2O. The second-order valence-electron chi connectivity index (χ2n) is 4.61. The van der Waals surface area contributed by atoms with Gasteiger partial charge in [-0.15, -0.1) is 0 Å². The molecule has 92 valence electrons. The van der Waals surface area contributed by atoms with Crippen LogP contribution in [0.3, 0.4) is 0 Å². The summed E-state index contributed by atoms with van der Waals surface area (Å²) in [7, 11) is 0. The lowest BCUT2D eigenvalue weighted by Crippen LogP contribution is -2.24. The van der Waals surface area contributed by atoms with Gasteiger partial charge in [0.1, 0.15) is 5.75 Å². The molecule has 3 rings (SSSR count). The Bertz CT molecular complexity index is 510. The van der Waals surface area contributed by atoms with Crippen molar-refractivity contribution < 1.29 is 5.11 Å². The molecule has 0 radical (unpaired) electrons. The summed E-state index contributed by atoms with van der Waals surface area (Å²) in [5.74, 6) is 0.696. The Morgan fingerprint density at radius 3 is 2.33 bits per heavy atom. The van der Waals surface area contributed by atoms with Gasteiger partial charge in [0.2, 0.25) is 0 Å². The number of phenolic OH excluding ortho intramolecular Hbond substituents is 1. The summed E-state index contributed by atoms with van der Waals surface area (Å²) in [4.78, 5) is 0. The van der Waals surface area contributed by atoms with Gasteiger partial charge >= 0.3 is 0 Å². The van der Waals surface area contributed by atoms with Crippen molar-refractivity contribution in [2.75, 3.05) is 6.54 Å². The SMILES string of the molecule is Oc1ccc(C2CNNC2c2ccccc2)cc1. The Morgan fingerprint density at radius 1 is 0.889 bits per heavy atom. The maximum atomic E-state index is 9.35. The summed E-state index contributed by atoms with van der Waals surface area (Å²) in [6, 6.07) is 18.2. The van der Waals surface area contributed by atoms with Crippen molar-refractivity contribution in [3.8, 4) is 5.75 Å². The van der Waals surface area contributed by atoms with Gasteiger partial charge < -0.3 is 5.11 Å². The third-order valence-corrected chi connectivity index (χ3v) is 3.46. The predicted molar refractivity (Wildman–Crippen MR) is 71.2 cm³/mol. The van der Waals surface area contributed by atoms with Gasteiger partial charge in [0, 0.05) is 12.5 Å². The van der Waals surface area contributed by atoms with Crippen molar-refractivity contribution in [3.63, 3.8) is 0 Å². The third-order valence-electron chi connectivity index (χ3n) is 3.46. The fraction of sp³-hybridized carbons (Fsp3) is 0.200. The highest BCUT2D eigenvalue weighted by Crippen LogP contribution is 2.33. The molecule has 2 unspecified atom stereocenters. The Kier molecular flexibility index (Phi) is 3.00. The average Bonchev–Trinajstić information content (AvgIpc) is 2.90. The molecule has 0 amide bonds. The first-order valence-corrected chi connectivity index (χ1v) is 6.17. The van der Waals surface area contributed by atoms with Crippen LogP contribution in [0.25, 0.3) is 0 Å². The highest BCUT2D eigenvalue weighted by molar-refractivity contribution is 5.33. The molecule has 0 spiro atoms. The molecule has 3 nitrogen and oxygen atoms in total. The molecule has 0 bridgehead atoms. The topological polar surface area (TPSA) is 44.3 Å². The van der Waals surface area contributed by atoms with Crippen molar-refractivity contribution >= 4 is 0 Å². The van der Waals surface area contributed by atoms with E-state index in [9.17, 15) is 5.11 Å². The van der Waals surface area contributed by atoms with E-state index in [1.165, 1.54) is 11.1 Å². The second kappa shape index (κ2) is 4.80. The van der Waals surface area contributed by atoms with Crippen LogP contribution >= 0.6 is 0 Å². The van der Waals surface area contributed by atoms with Crippen LogP contribution in [0.4, 0.5) is 0 Å². The van der Waals surface area contributed by atoms with E-state index >= 15 is 0 Å². The largest absolute Gasteiger partial charge is 0.508 e. The van der Waals surface area contributed by atoms with Gasteiger partial charge in [-0.1, -0.05) is 42.5 Å². The zero-order valence-electron chi connectivity index (χ0n) is 10.0. The highest BCUT2D eigenvalue weighted by atomic mass is 16.3. The van der Waals surface area contributed by atoms with E-state index in [0.29, 0.717) is 11.7 Å². The molecule has 1 aliphatic rings. The standard InChI is InChI=1S/C15H16N2O/c18-13-8-6-11(7-9-13)14-10-16-17-15(14)12-4-2-1-3-5-12/h1-9,14-18H,10H2. The summed E-state index contributed by atoms with van der Waals surface area (Å²) >= 11 is 0. The molecule has 18 heavy (non-hydrogen) atoms. The van der Waals surface area contributed by atoms with Crippen LogP contribution in [-0.4, -0.2) is 11.7 Å². The van der Waals surface area contributed by atoms with Gasteiger partial charge in [0.05, 0.1) is 6.04 Å². The molecule has 1 fully saturated rings. The van der Waals surface area contributed by atoms with Crippen LogP contribution in [-0.2, 0) is 0 Å². The van der Waals surface area contributed by atoms with Crippen LogP contribution in [0, 0.1) is 0 Å². The number of nitrogens with one attached hydrogen (secondary N) is 2. The van der Waals surface area contributed by atoms with Gasteiger partial charge in [-0.3, -0.25) is 5.43 Å². The minimum Gasteiger partial charge on any atom is -0.508 e. The number of rotatable bonds is 2. The van der Waals surface area contributed by atoms with Crippen molar-refractivity contribution in [1.29, 1.82) is 0 Å². The summed E-state index contributed by atoms with van der Waals surface area (Å²) in [5, 5.41) is 9.35. The maximum Gasteiger partial charge on any atom is 0.115 e. The quantitative estimate of drug-likeness (QED) is 0.755. The van der Waals surface area contributed by atoms with Crippen molar-refractivity contribution in [2.45, 2.75) is 12.0 Å². The molecule has 1 heterocycles. The normalized spacial score (nSPS) is 23.1. The first kappa shape index (κ1) is 11.3. The minimum absolute atomic E-state index is 0.274. The Balaban J connectivity index is 1.90. The molecular weight excluding hydrogens is 224 g/mol. The minimum atomic E-state index is 0.274. The lowest BCUT2D eigenvalue weighted by Gasteiger charge is -2.19. The monoisotopic (exact) mass is 240 g/mol. The van der Waals surface area contributed by atoms with Crippen LogP contribution in [0.5, 0.6) is 5.75 Å². The van der Waals surface area contributed by atoms with Gasteiger partial charge in [-0.05, 0) is 23.3 Å². The third kappa shape index (κ3) is 2.10. The average molecular weight is 240 g/mol. The number of benzene rings is 2. The van der Waals surface area contributed by atoms with Crippen molar-refractivity contribution in [3.05, 3.63) is 65.7 Å². The Hall–Kier alpha value is -1.84. The van der Waals surface area contributed by atoms with Gasteiger partial charge in [0.15, 0.2) is 0 Å². The molecule has 2 aromatic carbocycles. The van der Waals surface area contributed by atoms with E-state index < -0.39 is 0 Å². The predicted octanol–water partition coefficient (Wildman–Crippen LogP) is 2.32. The van der Waals surface area contributed by atoms with E-state index in [0.717, 1.165) is 6.54 Å². The van der Waals surface area contributed by atoms with E-state index in [4.69, 9.17) is 0 Å². The van der Waals surface area contributed by atoms with E-state index in [-0.39, 0.29) is 6.04 Å². The molecule has 0 aromatic heterocycles. The number of hydrogen-bond donors (Lipinski definition) is 3. The maximum absolute atomic E-state index is 9.35. The number of aromatic hydroxyl groups is 1. The second-order valence-corrected chi connectivity index (χ2v) is 4.61. The van der Waals surface area contributed by atoms with Gasteiger partial charge in [-0.2, -0.15) is 0 Å². The Labute approximate surface area is 106 Å². The van der Waals surface area contributed by atoms with E-state index in [2.05, 4.69) is 35.1 Å². The van der Waals surface area contributed by atoms with Crippen LogP contribution in [0.1, 0.15) is 23.1 Å². The number of phenols is 1. The lowest BCUT2D eigenvalue weighted by molar-refractivity contribution is 0.474. The summed E-state index contributed by atoms with van der Waals surface area (Å²) < 4.78 is 0. The molecule has 2 atom stereocenters. The van der Waals surface area contributed by atoms with Crippen LogP contribution in [0.15, 0.2) is 54.6 Å². The zero-order valence-corrected chi connectivity index (χ0v) is 10.0. The number of hydrogen-bond acceptors (Lipinski definition) is 3. The summed E-state index contributed by atoms with van der Waals surface area (Å²) in [5.41, 5.74) is 9.06. The lowest BCUT2D eigenvalue weighted by atomic mass is 9.89. The van der Waals surface area contributed by atoms with Crippen LogP contribution < -0.4 is 10.9 Å². The molecule has 3 heteroatoms. The zero-order chi connectivity index (χ0) is 12.4. The van der Waals surface area contributed by atoms with E-state index in [1.54, 1.807) is 12.1 Å². The highest BCUT2D eigenvalue weighted by Gasteiger charge is 2.29. The van der Waals surface area contributed by atoms with Gasteiger partial charge in [0.25, 0.3) is 0 Å². The molecule has 0 aliphatic carbocycles. The molecule has 3 N–H and O–H groups in total. The fourth-order valence-corrected chi connectivity index (χ4v) is 2.51. The first-order chi connectivity index (χ1) is 8.84. The summed E-state index contributed by atoms with van der Waals surface area (Å²) in [6.45, 7) is 0.893. The van der Waals surface area contributed by atoms with Gasteiger partial charge in [-0.25, -0.2) is 5.43 Å². The Morgan fingerprint density at radius 2 is 1.61 bits per heavy atom. The molecule has 0 saturated carbocycles. The van der Waals surface area contributed by atoms with Crippen molar-refractivity contribution in [2.24, 2.45) is 0 Å². The van der Waals surface area contributed by atoms with Crippen molar-refractivity contribution in [1.82, 2.24) is 10.9 Å². The summed E-state index contributed by atoms with van der Waals surface area (Å²) in [6.07, 6.45) is 0. The smallest absolute Gasteiger partial charge is 0.115 e. The fourth-order valence-electron chi connectivity index (χ4n) is 2.51. The molecule has 1 saturated heterocycles. The molecule has 1 aliphatic heterocycles. The van der Waals surface area contributed by atoms with Crippen LogP contribution in [0.2, 0.25) is 0 Å². The molecule has 2 aromatic rings. The van der Waals surface area contributed by atoms with E-state index in [1.807, 2.05) is 18.2 Å².